The number of pyridine rings is 1. The highest BCUT2D eigenvalue weighted by Gasteiger charge is 2.25. The lowest BCUT2D eigenvalue weighted by atomic mass is 10.0. The molecule has 5 heterocycles. The molecule has 6 N–H and O–H groups in total. The molecule has 2 fully saturated rings. The Morgan fingerprint density at radius 3 is 2.01 bits per heavy atom. The summed E-state index contributed by atoms with van der Waals surface area (Å²) in [6, 6.07) is 21.8. The van der Waals surface area contributed by atoms with Crippen LogP contribution < -0.4 is 26.8 Å². The van der Waals surface area contributed by atoms with Gasteiger partial charge in [-0.05, 0) is 165 Å². The first-order chi connectivity index (χ1) is 31.5. The Balaban J connectivity index is 0.000000228. The molecule has 0 aliphatic carbocycles. The number of benzene rings is 3. The molecule has 2 aliphatic heterocycles. The first-order valence-electron chi connectivity index (χ1n) is 22.8. The van der Waals surface area contributed by atoms with Crippen LogP contribution in [0, 0.1) is 27.7 Å². The maximum absolute atomic E-state index is 13.3. The average molecular weight is 912 g/mol. The molecule has 8 rings (SSSR count). The van der Waals surface area contributed by atoms with Crippen LogP contribution in [-0.4, -0.2) is 89.8 Å². The summed E-state index contributed by atoms with van der Waals surface area (Å²) in [5, 5.41) is 6.10. The summed E-state index contributed by atoms with van der Waals surface area (Å²) in [4.78, 5) is 43.1. The van der Waals surface area contributed by atoms with Gasteiger partial charge in [-0.1, -0.05) is 13.5 Å². The van der Waals surface area contributed by atoms with Crippen molar-refractivity contribution in [1.82, 2.24) is 39.2 Å². The minimum atomic E-state index is -0.484. The number of rotatable bonds is 11. The summed E-state index contributed by atoms with van der Waals surface area (Å²) in [6.07, 6.45) is 13.1. The number of piperidine rings is 2. The average Bonchev–Trinajstić information content (AvgIpc) is 3.90. The Morgan fingerprint density at radius 2 is 1.40 bits per heavy atom. The van der Waals surface area contributed by atoms with Gasteiger partial charge in [0.15, 0.2) is 0 Å². The van der Waals surface area contributed by atoms with E-state index in [2.05, 4.69) is 47.5 Å². The van der Waals surface area contributed by atoms with Crippen LogP contribution >= 0.6 is 0 Å². The zero-order valence-corrected chi connectivity index (χ0v) is 39.4. The summed E-state index contributed by atoms with van der Waals surface area (Å²) in [5.41, 5.74) is 21.8. The predicted molar refractivity (Wildman–Crippen MR) is 266 cm³/mol. The third-order valence-corrected chi connectivity index (χ3v) is 11.4. The van der Waals surface area contributed by atoms with Gasteiger partial charge in [-0.2, -0.15) is 0 Å². The summed E-state index contributed by atoms with van der Waals surface area (Å²) < 4.78 is 15.4. The minimum Gasteiger partial charge on any atom is -0.455 e. The lowest BCUT2D eigenvalue weighted by molar-refractivity contribution is 0.0470. The number of anilines is 2. The van der Waals surface area contributed by atoms with Crippen LogP contribution in [-0.2, 0) is 17.8 Å². The normalized spacial score (nSPS) is 16.5. The molecule has 0 unspecified atom stereocenters. The quantitative estimate of drug-likeness (QED) is 0.0910. The van der Waals surface area contributed by atoms with E-state index >= 15 is 0 Å². The first-order valence-corrected chi connectivity index (χ1v) is 22.8. The third kappa shape index (κ3) is 14.7. The molecule has 3 aromatic heterocycles. The molecule has 0 saturated carbocycles. The van der Waals surface area contributed by atoms with E-state index in [0.717, 1.165) is 121 Å². The van der Waals surface area contributed by atoms with Crippen molar-refractivity contribution in [3.05, 3.63) is 137 Å². The van der Waals surface area contributed by atoms with Crippen LogP contribution in [0.1, 0.15) is 98.0 Å². The van der Waals surface area contributed by atoms with Gasteiger partial charge in [0.25, 0.3) is 5.91 Å². The van der Waals surface area contributed by atoms with Crippen molar-refractivity contribution in [3.63, 3.8) is 0 Å². The minimum absolute atomic E-state index is 0. The molecule has 356 valence electrons. The Kier molecular flexibility index (Phi) is 16.6. The fraction of sp³-hybridized carbons (Fsp3) is 0.404. The van der Waals surface area contributed by atoms with E-state index in [0.29, 0.717) is 17.1 Å². The van der Waals surface area contributed by atoms with Crippen LogP contribution in [0.3, 0.4) is 0 Å². The number of nitrogens with zero attached hydrogens (tertiary/aromatic N) is 7. The zero-order valence-electron chi connectivity index (χ0n) is 39.4. The van der Waals surface area contributed by atoms with Gasteiger partial charge in [0, 0.05) is 84.7 Å². The predicted octanol–water partition coefficient (Wildman–Crippen LogP) is 9.05. The molecule has 2 aliphatic rings. The molecule has 2 saturated heterocycles. The molecule has 0 spiro atoms. The maximum Gasteiger partial charge on any atom is 0.407 e. The number of nitrogens with one attached hydrogen (secondary N) is 2. The van der Waals surface area contributed by atoms with Gasteiger partial charge in [0.05, 0.1) is 30.2 Å². The number of amides is 2. The fourth-order valence-electron chi connectivity index (χ4n) is 8.29. The fourth-order valence-corrected chi connectivity index (χ4v) is 8.29. The van der Waals surface area contributed by atoms with Gasteiger partial charge in [0.2, 0.25) is 0 Å². The van der Waals surface area contributed by atoms with Crippen molar-refractivity contribution in [2.45, 2.75) is 112 Å². The second-order valence-corrected chi connectivity index (χ2v) is 18.7. The number of alkyl carbamates (subject to hydrolysis) is 1. The Morgan fingerprint density at radius 1 is 0.761 bits per heavy atom. The molecule has 3 aromatic carbocycles. The van der Waals surface area contributed by atoms with Gasteiger partial charge < -0.3 is 40.7 Å². The number of carbonyl (C=O) groups is 2. The monoisotopic (exact) mass is 912 g/mol. The van der Waals surface area contributed by atoms with E-state index in [1.807, 2.05) is 119 Å². The van der Waals surface area contributed by atoms with Crippen molar-refractivity contribution in [2.24, 2.45) is 5.73 Å². The molecule has 2 amide bonds. The largest absolute Gasteiger partial charge is 0.455 e. The highest BCUT2D eigenvalue weighted by molar-refractivity contribution is 6.04. The summed E-state index contributed by atoms with van der Waals surface area (Å²) in [6.45, 7) is 18.7. The maximum atomic E-state index is 13.3. The number of aryl methyl sites for hydroxylation is 4. The number of carbonyl (C=O) groups excluding carboxylic acids is 2. The van der Waals surface area contributed by atoms with Crippen molar-refractivity contribution in [2.75, 3.05) is 37.2 Å². The van der Waals surface area contributed by atoms with Gasteiger partial charge in [-0.15, -0.1) is 0 Å². The van der Waals surface area contributed by atoms with Crippen LogP contribution in [0.15, 0.2) is 98.0 Å². The lowest BCUT2D eigenvalue weighted by Gasteiger charge is -2.33. The topological polar surface area (TPSA) is 184 Å². The molecular weight excluding hydrogens is 843 g/mol. The van der Waals surface area contributed by atoms with Crippen molar-refractivity contribution in [1.29, 1.82) is 0 Å². The van der Waals surface area contributed by atoms with Crippen LogP contribution in [0.2, 0.25) is 0 Å². The number of likely N-dealkylation sites (tertiary alicyclic amines) is 2. The number of nitrogen functional groups attached to an aromatic ring is 1. The van der Waals surface area contributed by atoms with Crippen LogP contribution in [0.4, 0.5) is 16.2 Å². The number of aromatic nitrogens is 5. The Hall–Kier alpha value is -6.55. The molecule has 67 heavy (non-hydrogen) atoms. The number of imidazole rings is 2. The molecule has 0 radical (unpaired) electrons. The summed E-state index contributed by atoms with van der Waals surface area (Å²) in [5.74, 6) is 1.04. The standard InChI is InChI=1S/C30H34N6O2.C21H31N5O2.CH4/c1-20-6-8-24(13-29(20)38-28-9-7-21(2)32-15-28)30(37)34-26-11-23(17-35-10-4-5-25(31)18-35)12-27(14-26)36-16-22(3)33-19-36;1-15-11-26(14-23-15)19-9-16(8-17(22)10-19)12-25-7-5-6-18(13-25)24-20(27)28-21(2,3)4;/h6-9,11-16,19,25H,4-5,10,17-18,31H2,1-3H3,(H,34,37);8-11,14,18H,5-7,12-13,22H2,1-4H3,(H,24,27);1H4/t25-;18-;/m00./s1. The van der Waals surface area contributed by atoms with E-state index in [4.69, 9.17) is 20.9 Å². The number of ether oxygens (including phenoxy) is 2. The zero-order chi connectivity index (χ0) is 47.0. The van der Waals surface area contributed by atoms with E-state index in [9.17, 15) is 9.59 Å². The van der Waals surface area contributed by atoms with E-state index in [1.165, 1.54) is 0 Å². The molecular formula is C52H69N11O4. The van der Waals surface area contributed by atoms with Crippen LogP contribution in [0.5, 0.6) is 11.5 Å². The van der Waals surface area contributed by atoms with Gasteiger partial charge in [-0.3, -0.25) is 19.6 Å². The van der Waals surface area contributed by atoms with E-state index in [1.54, 1.807) is 24.9 Å². The summed E-state index contributed by atoms with van der Waals surface area (Å²) >= 11 is 0. The smallest absolute Gasteiger partial charge is 0.407 e. The molecule has 15 nitrogen and oxygen atoms in total. The second kappa shape index (κ2) is 22.3. The molecule has 15 heteroatoms. The molecule has 6 aromatic rings. The Bertz CT molecular complexity index is 2600. The first kappa shape index (κ1) is 49.9. The molecule has 2 atom stereocenters. The van der Waals surface area contributed by atoms with Gasteiger partial charge in [-0.25, -0.2) is 14.8 Å². The number of nitrogens with two attached hydrogens (primary N) is 2. The van der Waals surface area contributed by atoms with Crippen LogP contribution in [0.25, 0.3) is 11.4 Å². The van der Waals surface area contributed by atoms with Gasteiger partial charge in [0.1, 0.15) is 17.1 Å². The third-order valence-electron chi connectivity index (χ3n) is 11.4. The number of hydrogen-bond acceptors (Lipinski definition) is 11. The van der Waals surface area contributed by atoms with Crippen molar-refractivity contribution < 1.29 is 19.1 Å². The van der Waals surface area contributed by atoms with Crippen molar-refractivity contribution in [3.8, 4) is 22.9 Å². The van der Waals surface area contributed by atoms with Crippen molar-refractivity contribution >= 4 is 23.4 Å². The van der Waals surface area contributed by atoms with E-state index < -0.39 is 5.60 Å². The molecule has 0 bridgehead atoms. The SMILES string of the molecule is C.Cc1ccc(Oc2cc(C(=O)Nc3cc(CN4CCC[C@H](N)C4)cc(-n4cnc(C)c4)c3)ccc2C)cn1.Cc1cn(-c2cc(N)cc(CN3CCC[C@H](NC(=O)OC(C)(C)C)C3)c2)cn1. The van der Waals surface area contributed by atoms with Gasteiger partial charge >= 0.3 is 6.09 Å². The summed E-state index contributed by atoms with van der Waals surface area (Å²) in [7, 11) is 0. The highest BCUT2D eigenvalue weighted by atomic mass is 16.6. The second-order valence-electron chi connectivity index (χ2n) is 18.7. The van der Waals surface area contributed by atoms with E-state index in [-0.39, 0.29) is 31.5 Å². The highest BCUT2D eigenvalue weighted by Crippen LogP contribution is 2.28. The Labute approximate surface area is 395 Å². The lowest BCUT2D eigenvalue weighted by Crippen LogP contribution is -2.48. The number of hydrogen-bond donors (Lipinski definition) is 4.